The summed E-state index contributed by atoms with van der Waals surface area (Å²) in [7, 11) is 0. The van der Waals surface area contributed by atoms with Crippen molar-refractivity contribution < 1.29 is 14.0 Å². The lowest BCUT2D eigenvalue weighted by Crippen LogP contribution is -2.45. The Bertz CT molecular complexity index is 1460. The molecule has 0 aliphatic carbocycles. The topological polar surface area (TPSA) is 115 Å². The van der Waals surface area contributed by atoms with Gasteiger partial charge in [0.05, 0.1) is 0 Å². The highest BCUT2D eigenvalue weighted by Crippen LogP contribution is 2.30. The van der Waals surface area contributed by atoms with Gasteiger partial charge in [-0.25, -0.2) is 9.18 Å². The van der Waals surface area contributed by atoms with Gasteiger partial charge in [-0.1, -0.05) is 54.1 Å². The molecule has 0 aliphatic rings. The first-order chi connectivity index (χ1) is 17.3. The third-order valence-electron chi connectivity index (χ3n) is 5.32. The van der Waals surface area contributed by atoms with Crippen LogP contribution in [0.1, 0.15) is 27.7 Å². The third kappa shape index (κ3) is 5.76. The minimum atomic E-state index is -1.29. The second-order valence-corrected chi connectivity index (χ2v) is 8.25. The molecule has 182 valence electrons. The molecule has 1 heterocycles. The summed E-state index contributed by atoms with van der Waals surface area (Å²) in [5.74, 6) is -1.92. The van der Waals surface area contributed by atoms with Gasteiger partial charge in [-0.3, -0.25) is 24.3 Å². The largest absolute Gasteiger partial charge is 0.350 e. The minimum Gasteiger partial charge on any atom is -0.350 e. The Labute approximate surface area is 209 Å². The summed E-state index contributed by atoms with van der Waals surface area (Å²) in [5.41, 5.74) is -0.611. The number of nitrogens with one attached hydrogen (secondary N) is 3. The fraction of sp³-hybridized carbons (Fsp3) is 0.0769. The van der Waals surface area contributed by atoms with Crippen molar-refractivity contribution in [1.29, 1.82) is 0 Å². The van der Waals surface area contributed by atoms with Crippen molar-refractivity contribution in [3.05, 3.63) is 133 Å². The molecule has 0 saturated heterocycles. The maximum Gasteiger partial charge on any atom is 0.326 e. The number of hydrogen-bond acceptors (Lipinski definition) is 4. The number of amides is 2. The first kappa shape index (κ1) is 24.6. The normalized spacial score (nSPS) is 11.5. The highest BCUT2D eigenvalue weighted by molar-refractivity contribution is 6.30. The van der Waals surface area contributed by atoms with E-state index in [-0.39, 0.29) is 17.9 Å². The molecule has 0 radical (unpaired) electrons. The van der Waals surface area contributed by atoms with Crippen LogP contribution >= 0.6 is 11.6 Å². The van der Waals surface area contributed by atoms with Gasteiger partial charge in [0.15, 0.2) is 0 Å². The quantitative estimate of drug-likeness (QED) is 0.355. The van der Waals surface area contributed by atoms with Gasteiger partial charge >= 0.3 is 5.69 Å². The van der Waals surface area contributed by atoms with Crippen LogP contribution in [-0.2, 0) is 11.3 Å². The molecule has 3 N–H and O–H groups in total. The molecule has 3 aromatic carbocycles. The van der Waals surface area contributed by atoms with Crippen molar-refractivity contribution in [1.82, 2.24) is 15.3 Å². The monoisotopic (exact) mass is 506 g/mol. The molecule has 4 rings (SSSR count). The Morgan fingerprint density at radius 2 is 1.58 bits per heavy atom. The second-order valence-electron chi connectivity index (χ2n) is 7.81. The predicted octanol–water partition coefficient (Wildman–Crippen LogP) is 3.56. The van der Waals surface area contributed by atoms with E-state index in [0.29, 0.717) is 10.6 Å². The van der Waals surface area contributed by atoms with E-state index >= 15 is 0 Å². The van der Waals surface area contributed by atoms with Gasteiger partial charge in [-0.15, -0.1) is 0 Å². The molecule has 0 saturated carbocycles. The Hall–Kier alpha value is -4.50. The molecule has 8 nitrogen and oxygen atoms in total. The summed E-state index contributed by atoms with van der Waals surface area (Å²) in [6.07, 6.45) is 0. The van der Waals surface area contributed by atoms with Crippen LogP contribution in [0, 0.1) is 5.82 Å². The average Bonchev–Trinajstić information content (AvgIpc) is 2.87. The molecule has 1 aromatic heterocycles. The lowest BCUT2D eigenvalue weighted by Gasteiger charge is -2.31. The fourth-order valence-electron chi connectivity index (χ4n) is 3.64. The summed E-state index contributed by atoms with van der Waals surface area (Å²) in [4.78, 5) is 56.5. The van der Waals surface area contributed by atoms with Crippen molar-refractivity contribution in [2.45, 2.75) is 12.6 Å². The number of aromatic nitrogens is 2. The minimum absolute atomic E-state index is 0.169. The van der Waals surface area contributed by atoms with E-state index in [2.05, 4.69) is 10.3 Å². The van der Waals surface area contributed by atoms with E-state index in [0.717, 1.165) is 16.5 Å². The van der Waals surface area contributed by atoms with Crippen LogP contribution in [0.3, 0.4) is 0 Å². The third-order valence-corrected chi connectivity index (χ3v) is 5.57. The maximum absolute atomic E-state index is 13.7. The average molecular weight is 507 g/mol. The summed E-state index contributed by atoms with van der Waals surface area (Å²) in [6, 6.07) is 20.0. The number of aromatic amines is 2. The maximum atomic E-state index is 13.7. The molecule has 10 heteroatoms. The highest BCUT2D eigenvalue weighted by atomic mass is 35.5. The Balaban J connectivity index is 1.82. The summed E-state index contributed by atoms with van der Waals surface area (Å²) < 4.78 is 13.7. The van der Waals surface area contributed by atoms with Crippen LogP contribution in [0.25, 0.3) is 0 Å². The zero-order chi connectivity index (χ0) is 25.7. The number of rotatable bonds is 7. The number of halogens is 2. The van der Waals surface area contributed by atoms with Crippen LogP contribution in [0.2, 0.25) is 5.02 Å². The number of benzene rings is 3. The molecular formula is C26H20ClFN4O4. The van der Waals surface area contributed by atoms with Gasteiger partial charge < -0.3 is 10.3 Å². The number of carbonyl (C=O) groups excluding carboxylic acids is 2. The van der Waals surface area contributed by atoms with Crippen LogP contribution in [-0.4, -0.2) is 21.8 Å². The zero-order valence-corrected chi connectivity index (χ0v) is 19.5. The second kappa shape index (κ2) is 10.8. The summed E-state index contributed by atoms with van der Waals surface area (Å²) in [5, 5.41) is 3.20. The van der Waals surface area contributed by atoms with Crippen molar-refractivity contribution in [2.24, 2.45) is 0 Å². The lowest BCUT2D eigenvalue weighted by atomic mass is 10.0. The van der Waals surface area contributed by atoms with E-state index in [4.69, 9.17) is 11.6 Å². The van der Waals surface area contributed by atoms with Crippen molar-refractivity contribution in [3.8, 4) is 0 Å². The number of anilines is 1. The molecule has 0 fully saturated rings. The molecule has 0 spiro atoms. The van der Waals surface area contributed by atoms with Gasteiger partial charge in [-0.2, -0.15) is 0 Å². The van der Waals surface area contributed by atoms with Crippen LogP contribution in [0.4, 0.5) is 10.1 Å². The van der Waals surface area contributed by atoms with E-state index in [1.165, 1.54) is 48.5 Å². The predicted molar refractivity (Wildman–Crippen MR) is 133 cm³/mol. The van der Waals surface area contributed by atoms with Gasteiger partial charge in [0.25, 0.3) is 11.5 Å². The molecule has 36 heavy (non-hydrogen) atoms. The van der Waals surface area contributed by atoms with Crippen molar-refractivity contribution in [2.75, 3.05) is 4.90 Å². The van der Waals surface area contributed by atoms with Gasteiger partial charge in [0.1, 0.15) is 17.6 Å². The lowest BCUT2D eigenvalue weighted by molar-refractivity contribution is -0.122. The Morgan fingerprint density at radius 1 is 0.917 bits per heavy atom. The molecule has 2 amide bonds. The van der Waals surface area contributed by atoms with E-state index < -0.39 is 34.9 Å². The molecule has 1 unspecified atom stereocenters. The van der Waals surface area contributed by atoms with Crippen LogP contribution in [0.15, 0.2) is 94.5 Å². The standard InChI is InChI=1S/C26H20ClFN4O4/c27-18-8-12-20(13-9-18)32(25(35)21-14-22(33)31-26(36)30-21)23(17-6-10-19(28)11-7-17)24(34)29-15-16-4-2-1-3-5-16/h1-14,23H,15H2,(H,29,34)(H2,30,31,33,36). The SMILES string of the molecule is O=C(NCc1ccccc1)C(c1ccc(F)cc1)N(C(=O)c1cc(=O)[nH]c(=O)[nH]1)c1ccc(Cl)cc1. The first-order valence-corrected chi connectivity index (χ1v) is 11.2. The Morgan fingerprint density at radius 3 is 2.22 bits per heavy atom. The molecular weight excluding hydrogens is 487 g/mol. The van der Waals surface area contributed by atoms with Gasteiger partial charge in [-0.05, 0) is 47.5 Å². The van der Waals surface area contributed by atoms with Crippen molar-refractivity contribution in [3.63, 3.8) is 0 Å². The molecule has 1 atom stereocenters. The van der Waals surface area contributed by atoms with Crippen LogP contribution < -0.4 is 21.5 Å². The van der Waals surface area contributed by atoms with Gasteiger partial charge in [0, 0.05) is 23.3 Å². The van der Waals surface area contributed by atoms with Gasteiger partial charge in [0.2, 0.25) is 5.91 Å². The van der Waals surface area contributed by atoms with Crippen molar-refractivity contribution >= 4 is 29.1 Å². The number of carbonyl (C=O) groups is 2. The van der Waals surface area contributed by atoms with E-state index in [1.807, 2.05) is 35.3 Å². The summed E-state index contributed by atoms with van der Waals surface area (Å²) >= 11 is 6.03. The number of hydrogen-bond donors (Lipinski definition) is 3. The van der Waals surface area contributed by atoms with Crippen LogP contribution in [0.5, 0.6) is 0 Å². The smallest absolute Gasteiger partial charge is 0.326 e. The number of H-pyrrole nitrogens is 2. The first-order valence-electron chi connectivity index (χ1n) is 10.8. The zero-order valence-electron chi connectivity index (χ0n) is 18.7. The summed E-state index contributed by atoms with van der Waals surface area (Å²) in [6.45, 7) is 0.169. The molecule has 0 aliphatic heterocycles. The van der Waals surface area contributed by atoms with E-state index in [1.54, 1.807) is 0 Å². The Kier molecular flexibility index (Phi) is 7.41. The fourth-order valence-corrected chi connectivity index (χ4v) is 3.77. The highest BCUT2D eigenvalue weighted by Gasteiger charge is 2.34. The number of nitrogens with zero attached hydrogens (tertiary/aromatic N) is 1. The molecule has 4 aromatic rings. The van der Waals surface area contributed by atoms with E-state index in [9.17, 15) is 23.6 Å². The molecule has 0 bridgehead atoms.